The number of nitrogens with one attached hydrogen (secondary N) is 1. The zero-order valence-electron chi connectivity index (χ0n) is 12.5. The Hall–Kier alpha value is -0.860. The molecule has 1 atom stereocenters. The predicted octanol–water partition coefficient (Wildman–Crippen LogP) is 3.21. The first-order chi connectivity index (χ1) is 9.33. The fourth-order valence-corrected chi connectivity index (χ4v) is 3.06. The van der Waals surface area contributed by atoms with Crippen LogP contribution in [0.15, 0.2) is 24.3 Å². The number of hydrogen-bond donors (Lipinski definition) is 1. The smallest absolute Gasteiger partial charge is 0.0237 e. The highest BCUT2D eigenvalue weighted by Gasteiger charge is 2.17. The molecule has 0 saturated carbocycles. The van der Waals surface area contributed by atoms with Crippen LogP contribution in [0.5, 0.6) is 0 Å². The Balaban J connectivity index is 2.00. The highest BCUT2D eigenvalue weighted by molar-refractivity contribution is 5.26. The lowest BCUT2D eigenvalue weighted by Crippen LogP contribution is -2.37. The zero-order chi connectivity index (χ0) is 13.5. The van der Waals surface area contributed by atoms with Crippen molar-refractivity contribution >= 4 is 0 Å². The third-order valence-electron chi connectivity index (χ3n) is 4.09. The zero-order valence-corrected chi connectivity index (χ0v) is 12.5. The third kappa shape index (κ3) is 4.32. The van der Waals surface area contributed by atoms with Gasteiger partial charge in [-0.3, -0.25) is 4.90 Å². The lowest BCUT2D eigenvalue weighted by atomic mass is 10.0. The fourth-order valence-electron chi connectivity index (χ4n) is 3.06. The number of hydrogen-bond acceptors (Lipinski definition) is 2. The van der Waals surface area contributed by atoms with Gasteiger partial charge < -0.3 is 5.32 Å². The number of rotatable bonds is 5. The topological polar surface area (TPSA) is 15.3 Å². The second kappa shape index (κ2) is 7.66. The van der Waals surface area contributed by atoms with Gasteiger partial charge in [-0.2, -0.15) is 0 Å². The van der Waals surface area contributed by atoms with Crippen molar-refractivity contribution in [2.24, 2.45) is 0 Å². The maximum atomic E-state index is 3.69. The highest BCUT2D eigenvalue weighted by Crippen LogP contribution is 2.15. The van der Waals surface area contributed by atoms with Gasteiger partial charge in [0.15, 0.2) is 0 Å². The molecule has 0 bridgehead atoms. The van der Waals surface area contributed by atoms with E-state index in [4.69, 9.17) is 0 Å². The van der Waals surface area contributed by atoms with Gasteiger partial charge >= 0.3 is 0 Å². The third-order valence-corrected chi connectivity index (χ3v) is 4.09. The maximum Gasteiger partial charge on any atom is 0.0237 e. The van der Waals surface area contributed by atoms with E-state index in [-0.39, 0.29) is 0 Å². The van der Waals surface area contributed by atoms with Crippen LogP contribution in [-0.2, 0) is 13.0 Å². The van der Waals surface area contributed by atoms with Crippen LogP contribution < -0.4 is 5.32 Å². The molecule has 1 N–H and O–H groups in total. The molecule has 1 saturated heterocycles. The van der Waals surface area contributed by atoms with E-state index in [0.29, 0.717) is 6.04 Å². The van der Waals surface area contributed by atoms with Crippen molar-refractivity contribution in [3.63, 3.8) is 0 Å². The Morgan fingerprint density at radius 3 is 2.74 bits per heavy atom. The molecule has 1 heterocycles. The summed E-state index contributed by atoms with van der Waals surface area (Å²) in [5.41, 5.74) is 3.02. The van der Waals surface area contributed by atoms with Crippen molar-refractivity contribution in [1.82, 2.24) is 10.2 Å². The van der Waals surface area contributed by atoms with Crippen LogP contribution in [0.2, 0.25) is 0 Å². The summed E-state index contributed by atoms with van der Waals surface area (Å²) in [5, 5.41) is 3.69. The van der Waals surface area contributed by atoms with Gasteiger partial charge in [0.2, 0.25) is 0 Å². The molecular weight excluding hydrogens is 232 g/mol. The van der Waals surface area contributed by atoms with Crippen molar-refractivity contribution in [3.8, 4) is 0 Å². The van der Waals surface area contributed by atoms with Gasteiger partial charge in [0, 0.05) is 19.1 Å². The monoisotopic (exact) mass is 260 g/mol. The SMILES string of the molecule is CCCC1CN(Cc2ccccc2CC)CCCN1. The molecule has 0 radical (unpaired) electrons. The molecule has 0 aromatic heterocycles. The van der Waals surface area contributed by atoms with Crippen molar-refractivity contribution < 1.29 is 0 Å². The van der Waals surface area contributed by atoms with E-state index in [0.717, 1.165) is 13.0 Å². The Kier molecular flexibility index (Phi) is 5.87. The van der Waals surface area contributed by atoms with Crippen molar-refractivity contribution in [3.05, 3.63) is 35.4 Å². The van der Waals surface area contributed by atoms with Crippen LogP contribution in [0.1, 0.15) is 44.2 Å². The lowest BCUT2D eigenvalue weighted by molar-refractivity contribution is 0.254. The van der Waals surface area contributed by atoms with E-state index >= 15 is 0 Å². The van der Waals surface area contributed by atoms with E-state index in [9.17, 15) is 0 Å². The molecule has 2 nitrogen and oxygen atoms in total. The Bertz CT molecular complexity index is 375. The van der Waals surface area contributed by atoms with E-state index in [1.807, 2.05) is 0 Å². The minimum absolute atomic E-state index is 0.682. The summed E-state index contributed by atoms with van der Waals surface area (Å²) < 4.78 is 0. The van der Waals surface area contributed by atoms with Crippen LogP contribution in [0.25, 0.3) is 0 Å². The molecule has 1 unspecified atom stereocenters. The van der Waals surface area contributed by atoms with Crippen LogP contribution in [0, 0.1) is 0 Å². The highest BCUT2D eigenvalue weighted by atomic mass is 15.2. The minimum Gasteiger partial charge on any atom is -0.313 e. The summed E-state index contributed by atoms with van der Waals surface area (Å²) in [5.74, 6) is 0. The number of aryl methyl sites for hydroxylation is 1. The molecule has 1 aliphatic rings. The Morgan fingerprint density at radius 2 is 2.00 bits per heavy atom. The average molecular weight is 260 g/mol. The summed E-state index contributed by atoms with van der Waals surface area (Å²) in [6.45, 7) is 9.26. The first-order valence-corrected chi connectivity index (χ1v) is 7.86. The number of benzene rings is 1. The first kappa shape index (κ1) is 14.5. The second-order valence-corrected chi connectivity index (χ2v) is 5.65. The van der Waals surface area contributed by atoms with Crippen molar-refractivity contribution in [2.75, 3.05) is 19.6 Å². The lowest BCUT2D eigenvalue weighted by Gasteiger charge is -2.25. The minimum atomic E-state index is 0.682. The molecule has 1 aliphatic heterocycles. The van der Waals surface area contributed by atoms with Gasteiger partial charge in [-0.15, -0.1) is 0 Å². The van der Waals surface area contributed by atoms with Gasteiger partial charge in [-0.1, -0.05) is 44.5 Å². The molecule has 0 aliphatic carbocycles. The number of nitrogens with zero attached hydrogens (tertiary/aromatic N) is 1. The quantitative estimate of drug-likeness (QED) is 0.874. The van der Waals surface area contributed by atoms with Crippen LogP contribution >= 0.6 is 0 Å². The molecule has 0 spiro atoms. The van der Waals surface area contributed by atoms with E-state index in [2.05, 4.69) is 48.3 Å². The van der Waals surface area contributed by atoms with Gasteiger partial charge in [-0.25, -0.2) is 0 Å². The molecule has 1 aromatic carbocycles. The van der Waals surface area contributed by atoms with Crippen LogP contribution in [0.3, 0.4) is 0 Å². The molecular formula is C17H28N2. The van der Waals surface area contributed by atoms with Gasteiger partial charge in [0.05, 0.1) is 0 Å². The standard InChI is InChI=1S/C17H28N2/c1-3-8-17-14-19(12-7-11-18-17)13-16-10-6-5-9-15(16)4-2/h5-6,9-10,17-18H,3-4,7-8,11-14H2,1-2H3. The van der Waals surface area contributed by atoms with Crippen LogP contribution in [-0.4, -0.2) is 30.6 Å². The molecule has 19 heavy (non-hydrogen) atoms. The van der Waals surface area contributed by atoms with Crippen LogP contribution in [0.4, 0.5) is 0 Å². The van der Waals surface area contributed by atoms with Gasteiger partial charge in [0.1, 0.15) is 0 Å². The largest absolute Gasteiger partial charge is 0.313 e. The summed E-state index contributed by atoms with van der Waals surface area (Å²) in [6.07, 6.45) is 4.98. The Morgan fingerprint density at radius 1 is 1.21 bits per heavy atom. The van der Waals surface area contributed by atoms with Gasteiger partial charge in [0.25, 0.3) is 0 Å². The maximum absolute atomic E-state index is 3.69. The molecule has 2 heteroatoms. The van der Waals surface area contributed by atoms with E-state index < -0.39 is 0 Å². The molecule has 1 fully saturated rings. The van der Waals surface area contributed by atoms with E-state index in [1.165, 1.54) is 50.0 Å². The molecule has 0 amide bonds. The fraction of sp³-hybridized carbons (Fsp3) is 0.647. The van der Waals surface area contributed by atoms with Gasteiger partial charge in [-0.05, 0) is 43.5 Å². The summed E-state index contributed by atoms with van der Waals surface area (Å²) >= 11 is 0. The Labute approximate surface area is 118 Å². The summed E-state index contributed by atoms with van der Waals surface area (Å²) in [6, 6.07) is 9.59. The van der Waals surface area contributed by atoms with E-state index in [1.54, 1.807) is 0 Å². The van der Waals surface area contributed by atoms with Crippen molar-refractivity contribution in [1.29, 1.82) is 0 Å². The average Bonchev–Trinajstić information content (AvgIpc) is 2.65. The van der Waals surface area contributed by atoms with Crippen molar-refractivity contribution in [2.45, 2.75) is 52.1 Å². The predicted molar refractivity (Wildman–Crippen MR) is 82.4 cm³/mol. The molecule has 106 valence electrons. The normalized spacial score (nSPS) is 21.3. The molecule has 1 aromatic rings. The second-order valence-electron chi connectivity index (χ2n) is 5.65. The molecule has 2 rings (SSSR count). The summed E-state index contributed by atoms with van der Waals surface area (Å²) in [4.78, 5) is 2.63. The first-order valence-electron chi connectivity index (χ1n) is 7.86. The summed E-state index contributed by atoms with van der Waals surface area (Å²) in [7, 11) is 0.